The van der Waals surface area contributed by atoms with Gasteiger partial charge in [-0.05, 0) is 51.7 Å². The van der Waals surface area contributed by atoms with Crippen LogP contribution in [0.3, 0.4) is 0 Å². The van der Waals surface area contributed by atoms with Crippen molar-refractivity contribution < 1.29 is 9.53 Å². The molecule has 1 saturated heterocycles. The predicted molar refractivity (Wildman–Crippen MR) is 122 cm³/mol. The average molecular weight is 446 g/mol. The first-order valence-corrected chi connectivity index (χ1v) is 12.2. The fraction of sp³-hybridized carbons (Fsp3) is 0.500. The quantitative estimate of drug-likeness (QED) is 0.331. The number of aromatic amines is 1. The second-order valence-corrected chi connectivity index (χ2v) is 9.96. The van der Waals surface area contributed by atoms with E-state index in [4.69, 9.17) is 9.72 Å². The number of nitrogens with one attached hydrogen (secondary N) is 1. The number of rotatable bonds is 7. The summed E-state index contributed by atoms with van der Waals surface area (Å²) in [6.45, 7) is 9.18. The number of hydrogen-bond acceptors (Lipinski definition) is 6. The molecule has 0 amide bonds. The van der Waals surface area contributed by atoms with Crippen LogP contribution in [0.15, 0.2) is 16.0 Å². The first-order chi connectivity index (χ1) is 14.4. The van der Waals surface area contributed by atoms with Crippen LogP contribution in [0.25, 0.3) is 10.2 Å². The highest BCUT2D eigenvalue weighted by molar-refractivity contribution is 7.99. The molecule has 0 bridgehead atoms. The fourth-order valence-corrected chi connectivity index (χ4v) is 6.19. The van der Waals surface area contributed by atoms with Gasteiger partial charge in [0.2, 0.25) is 0 Å². The van der Waals surface area contributed by atoms with Gasteiger partial charge in [-0.15, -0.1) is 11.3 Å². The van der Waals surface area contributed by atoms with Gasteiger partial charge in [-0.25, -0.2) is 4.98 Å². The van der Waals surface area contributed by atoms with Crippen molar-refractivity contribution in [2.24, 2.45) is 0 Å². The van der Waals surface area contributed by atoms with Crippen LogP contribution in [-0.4, -0.2) is 38.8 Å². The van der Waals surface area contributed by atoms with Gasteiger partial charge in [-0.2, -0.15) is 0 Å². The van der Waals surface area contributed by atoms with E-state index in [1.165, 1.54) is 11.8 Å². The number of aryl methyl sites for hydroxylation is 4. The summed E-state index contributed by atoms with van der Waals surface area (Å²) >= 11 is 2.90. The predicted octanol–water partition coefficient (Wildman–Crippen LogP) is 4.43. The Balaban J connectivity index is 1.70. The van der Waals surface area contributed by atoms with E-state index in [0.29, 0.717) is 17.3 Å². The second kappa shape index (κ2) is 8.69. The molecule has 0 aromatic carbocycles. The third-order valence-corrected chi connectivity index (χ3v) is 7.64. The molecule has 0 spiro atoms. The number of thiophene rings is 1. The lowest BCUT2D eigenvalue weighted by Crippen LogP contribution is -2.29. The molecule has 1 fully saturated rings. The molecule has 0 radical (unpaired) electrons. The summed E-state index contributed by atoms with van der Waals surface area (Å²) in [5.41, 5.74) is 3.62. The third-order valence-electron chi connectivity index (χ3n) is 5.62. The van der Waals surface area contributed by atoms with Crippen LogP contribution in [0.5, 0.6) is 0 Å². The van der Waals surface area contributed by atoms with Gasteiger partial charge in [-0.3, -0.25) is 14.2 Å². The molecule has 3 aromatic heterocycles. The van der Waals surface area contributed by atoms with Crippen LogP contribution >= 0.6 is 23.1 Å². The zero-order valence-electron chi connectivity index (χ0n) is 17.8. The SMILES string of the molecule is CCc1c(C)sc2nc(SCC(=O)c3cc(C)[nH]c3C)n(CC3CCCO3)c(=O)c12. The van der Waals surface area contributed by atoms with Crippen LogP contribution in [-0.2, 0) is 17.7 Å². The Morgan fingerprint density at radius 1 is 1.40 bits per heavy atom. The summed E-state index contributed by atoms with van der Waals surface area (Å²) in [5, 5.41) is 1.33. The van der Waals surface area contributed by atoms with Crippen molar-refractivity contribution in [1.29, 1.82) is 0 Å². The molecule has 3 aromatic rings. The van der Waals surface area contributed by atoms with Crippen molar-refractivity contribution in [2.75, 3.05) is 12.4 Å². The number of ketones is 1. The maximum atomic E-state index is 13.5. The summed E-state index contributed by atoms with van der Waals surface area (Å²) in [5.74, 6) is 0.281. The fourth-order valence-electron chi connectivity index (χ4n) is 4.14. The van der Waals surface area contributed by atoms with Crippen LogP contribution < -0.4 is 5.56 Å². The minimum Gasteiger partial charge on any atom is -0.376 e. The van der Waals surface area contributed by atoms with E-state index in [2.05, 4.69) is 11.9 Å². The zero-order chi connectivity index (χ0) is 21.4. The lowest BCUT2D eigenvalue weighted by molar-refractivity contribution is 0.0937. The van der Waals surface area contributed by atoms with Gasteiger partial charge in [0, 0.05) is 28.4 Å². The Labute approximate surface area is 184 Å². The molecule has 1 N–H and O–H groups in total. The van der Waals surface area contributed by atoms with Gasteiger partial charge >= 0.3 is 0 Å². The number of aromatic nitrogens is 3. The number of nitrogens with zero attached hydrogens (tertiary/aromatic N) is 2. The molecule has 4 heterocycles. The standard InChI is InChI=1S/C22H27N3O3S2/c1-5-16-14(4)30-20-19(16)21(27)25(10-15-7-6-8-28-15)22(24-20)29-11-18(26)17-9-12(2)23-13(17)3/h9,15,23H,5-8,10-11H2,1-4H3. The molecular formula is C22H27N3O3S2. The van der Waals surface area contributed by atoms with Crippen molar-refractivity contribution in [1.82, 2.24) is 14.5 Å². The first-order valence-electron chi connectivity index (χ1n) is 10.4. The highest BCUT2D eigenvalue weighted by atomic mass is 32.2. The lowest BCUT2D eigenvalue weighted by Gasteiger charge is -2.16. The van der Waals surface area contributed by atoms with Gasteiger partial charge in [0.25, 0.3) is 5.56 Å². The molecule has 0 saturated carbocycles. The van der Waals surface area contributed by atoms with Crippen molar-refractivity contribution >= 4 is 39.1 Å². The summed E-state index contributed by atoms with van der Waals surface area (Å²) in [6, 6.07) is 1.88. The Bertz CT molecular complexity index is 1150. The Morgan fingerprint density at radius 3 is 2.83 bits per heavy atom. The van der Waals surface area contributed by atoms with Gasteiger partial charge in [0.1, 0.15) is 4.83 Å². The number of carbonyl (C=O) groups excluding carboxylic acids is 1. The third kappa shape index (κ3) is 4.00. The van der Waals surface area contributed by atoms with Crippen LogP contribution in [0.2, 0.25) is 0 Å². The minimum atomic E-state index is -0.0136. The Kier molecular flexibility index (Phi) is 6.18. The normalized spacial score (nSPS) is 16.6. The molecule has 8 heteroatoms. The highest BCUT2D eigenvalue weighted by Gasteiger charge is 2.23. The van der Waals surface area contributed by atoms with Gasteiger partial charge in [-0.1, -0.05) is 18.7 Å². The maximum absolute atomic E-state index is 13.5. The summed E-state index contributed by atoms with van der Waals surface area (Å²) in [7, 11) is 0. The topological polar surface area (TPSA) is 77.0 Å². The van der Waals surface area contributed by atoms with E-state index in [1.54, 1.807) is 15.9 Å². The largest absolute Gasteiger partial charge is 0.376 e. The lowest BCUT2D eigenvalue weighted by atomic mass is 10.1. The first kappa shape index (κ1) is 21.3. The summed E-state index contributed by atoms with van der Waals surface area (Å²) < 4.78 is 7.52. The van der Waals surface area contributed by atoms with Crippen LogP contribution in [0, 0.1) is 20.8 Å². The second-order valence-electron chi connectivity index (χ2n) is 7.82. The summed E-state index contributed by atoms with van der Waals surface area (Å²) in [6.07, 6.45) is 2.79. The molecule has 1 aliphatic heterocycles. The molecule has 30 heavy (non-hydrogen) atoms. The molecule has 1 atom stereocenters. The van der Waals surface area contributed by atoms with E-state index >= 15 is 0 Å². The average Bonchev–Trinajstić information content (AvgIpc) is 3.41. The maximum Gasteiger partial charge on any atom is 0.263 e. The molecule has 1 unspecified atom stereocenters. The van der Waals surface area contributed by atoms with E-state index in [-0.39, 0.29) is 23.2 Å². The zero-order valence-corrected chi connectivity index (χ0v) is 19.5. The van der Waals surface area contributed by atoms with Gasteiger partial charge in [0.15, 0.2) is 10.9 Å². The van der Waals surface area contributed by atoms with E-state index in [9.17, 15) is 9.59 Å². The monoisotopic (exact) mass is 445 g/mol. The highest BCUT2D eigenvalue weighted by Crippen LogP contribution is 2.30. The number of fused-ring (bicyclic) bond motifs is 1. The number of hydrogen-bond donors (Lipinski definition) is 1. The van der Waals surface area contributed by atoms with Gasteiger partial charge in [0.05, 0.1) is 23.8 Å². The molecule has 6 nitrogen and oxygen atoms in total. The van der Waals surface area contributed by atoms with Crippen LogP contribution in [0.1, 0.15) is 52.0 Å². The number of ether oxygens (including phenoxy) is 1. The molecule has 0 aliphatic carbocycles. The number of H-pyrrole nitrogens is 1. The number of thioether (sulfide) groups is 1. The summed E-state index contributed by atoms with van der Waals surface area (Å²) in [4.78, 5) is 36.2. The van der Waals surface area contributed by atoms with Crippen molar-refractivity contribution in [2.45, 2.75) is 64.8 Å². The molecule has 160 valence electrons. The Hall–Kier alpha value is -1.90. The van der Waals surface area contributed by atoms with E-state index in [1.807, 2.05) is 26.8 Å². The van der Waals surface area contributed by atoms with Crippen molar-refractivity contribution in [3.8, 4) is 0 Å². The molecular weight excluding hydrogens is 418 g/mol. The van der Waals surface area contributed by atoms with Crippen LogP contribution in [0.4, 0.5) is 0 Å². The van der Waals surface area contributed by atoms with Crippen molar-refractivity contribution in [3.05, 3.63) is 43.8 Å². The smallest absolute Gasteiger partial charge is 0.263 e. The minimum absolute atomic E-state index is 0.0136. The van der Waals surface area contributed by atoms with E-state index < -0.39 is 0 Å². The molecule has 4 rings (SSSR count). The van der Waals surface area contributed by atoms with Gasteiger partial charge < -0.3 is 9.72 Å². The number of carbonyl (C=O) groups is 1. The Morgan fingerprint density at radius 2 is 2.20 bits per heavy atom. The van der Waals surface area contributed by atoms with E-state index in [0.717, 1.165) is 57.9 Å². The number of Topliss-reactive ketones (excluding diaryl/α,β-unsaturated/α-hetero) is 1. The van der Waals surface area contributed by atoms with Crippen molar-refractivity contribution in [3.63, 3.8) is 0 Å². The molecule has 1 aliphatic rings.